The lowest BCUT2D eigenvalue weighted by atomic mass is 9.68. The summed E-state index contributed by atoms with van der Waals surface area (Å²) < 4.78 is 0. The molecule has 0 amide bonds. The van der Waals surface area contributed by atoms with Crippen LogP contribution in [0.15, 0.2) is 17.3 Å². The van der Waals surface area contributed by atoms with Crippen molar-refractivity contribution in [1.29, 1.82) is 0 Å². The standard InChI is InChI=1S/C12H18N2O/c1-7(2)11-10-8(13-14-11)5-12(3,4)6-9(10)15/h8,10,13H,1,5-6H2,2-4H3/t8-,10+/m0/s1. The summed E-state index contributed by atoms with van der Waals surface area (Å²) in [6.45, 7) is 10.1. The molecule has 1 N–H and O–H groups in total. The summed E-state index contributed by atoms with van der Waals surface area (Å²) >= 11 is 0. The largest absolute Gasteiger partial charge is 0.306 e. The van der Waals surface area contributed by atoms with Crippen LogP contribution < -0.4 is 5.43 Å². The van der Waals surface area contributed by atoms with Crippen LogP contribution in [0.3, 0.4) is 0 Å². The van der Waals surface area contributed by atoms with Gasteiger partial charge < -0.3 is 5.43 Å². The van der Waals surface area contributed by atoms with Gasteiger partial charge in [-0.05, 0) is 24.3 Å². The Morgan fingerprint density at radius 3 is 2.87 bits per heavy atom. The quantitative estimate of drug-likeness (QED) is 0.712. The van der Waals surface area contributed by atoms with Crippen molar-refractivity contribution in [3.05, 3.63) is 12.2 Å². The zero-order valence-electron chi connectivity index (χ0n) is 9.63. The van der Waals surface area contributed by atoms with Gasteiger partial charge in [0.15, 0.2) is 0 Å². The number of allylic oxidation sites excluding steroid dienone is 1. The van der Waals surface area contributed by atoms with E-state index >= 15 is 0 Å². The fourth-order valence-electron chi connectivity index (χ4n) is 2.64. The second-order valence-corrected chi connectivity index (χ2v) is 5.50. The van der Waals surface area contributed by atoms with Crippen LogP contribution in [0, 0.1) is 11.3 Å². The summed E-state index contributed by atoms with van der Waals surface area (Å²) in [7, 11) is 0. The van der Waals surface area contributed by atoms with E-state index in [0.29, 0.717) is 12.2 Å². The summed E-state index contributed by atoms with van der Waals surface area (Å²) in [4.78, 5) is 12.0. The van der Waals surface area contributed by atoms with Crippen molar-refractivity contribution in [2.45, 2.75) is 39.7 Å². The van der Waals surface area contributed by atoms with E-state index in [2.05, 4.69) is 31.0 Å². The molecule has 0 radical (unpaired) electrons. The Hall–Kier alpha value is -1.12. The maximum absolute atomic E-state index is 12.0. The van der Waals surface area contributed by atoms with Gasteiger partial charge in [-0.25, -0.2) is 0 Å². The lowest BCUT2D eigenvalue weighted by Gasteiger charge is -2.36. The average Bonchev–Trinajstić information content (AvgIpc) is 2.45. The van der Waals surface area contributed by atoms with Gasteiger partial charge in [-0.15, -0.1) is 0 Å². The van der Waals surface area contributed by atoms with Crippen LogP contribution in [0.1, 0.15) is 33.6 Å². The highest BCUT2D eigenvalue weighted by Gasteiger charge is 2.45. The van der Waals surface area contributed by atoms with Crippen molar-refractivity contribution in [2.75, 3.05) is 0 Å². The lowest BCUT2D eigenvalue weighted by molar-refractivity contribution is -0.126. The number of nitrogens with one attached hydrogen (secondary N) is 1. The highest BCUT2D eigenvalue weighted by Crippen LogP contribution is 2.39. The maximum atomic E-state index is 12.0. The topological polar surface area (TPSA) is 41.5 Å². The normalized spacial score (nSPS) is 33.0. The first kappa shape index (κ1) is 10.4. The van der Waals surface area contributed by atoms with E-state index < -0.39 is 0 Å². The molecule has 0 aromatic rings. The summed E-state index contributed by atoms with van der Waals surface area (Å²) in [6.07, 6.45) is 1.66. The number of carbonyl (C=O) groups is 1. The Labute approximate surface area is 90.6 Å². The lowest BCUT2D eigenvalue weighted by Crippen LogP contribution is -2.45. The van der Waals surface area contributed by atoms with Gasteiger partial charge in [0.25, 0.3) is 0 Å². The predicted molar refractivity (Wildman–Crippen MR) is 60.7 cm³/mol. The molecule has 15 heavy (non-hydrogen) atoms. The summed E-state index contributed by atoms with van der Waals surface area (Å²) in [5.41, 5.74) is 4.95. The predicted octanol–water partition coefficient (Wildman–Crippen LogP) is 1.90. The Morgan fingerprint density at radius 1 is 1.60 bits per heavy atom. The molecule has 2 aliphatic rings. The van der Waals surface area contributed by atoms with Gasteiger partial charge in [0.1, 0.15) is 5.78 Å². The van der Waals surface area contributed by atoms with Gasteiger partial charge in [0.05, 0.1) is 17.7 Å². The maximum Gasteiger partial charge on any atom is 0.144 e. The first-order valence-electron chi connectivity index (χ1n) is 5.42. The number of hydrazone groups is 1. The highest BCUT2D eigenvalue weighted by molar-refractivity contribution is 6.14. The second kappa shape index (κ2) is 3.19. The molecule has 2 atom stereocenters. The third-order valence-corrected chi connectivity index (χ3v) is 3.26. The number of hydrogen-bond acceptors (Lipinski definition) is 3. The molecule has 3 nitrogen and oxygen atoms in total. The van der Waals surface area contributed by atoms with Gasteiger partial charge in [0.2, 0.25) is 0 Å². The monoisotopic (exact) mass is 206 g/mol. The number of hydrogen-bond donors (Lipinski definition) is 1. The van der Waals surface area contributed by atoms with E-state index in [0.717, 1.165) is 17.7 Å². The molecule has 0 spiro atoms. The molecule has 1 aliphatic heterocycles. The zero-order chi connectivity index (χ0) is 11.2. The Bertz CT molecular complexity index is 355. The number of ketones is 1. The van der Waals surface area contributed by atoms with Gasteiger partial charge >= 0.3 is 0 Å². The summed E-state index contributed by atoms with van der Waals surface area (Å²) in [6, 6.07) is 0.188. The second-order valence-electron chi connectivity index (χ2n) is 5.50. The van der Waals surface area contributed by atoms with Crippen molar-refractivity contribution < 1.29 is 4.79 Å². The van der Waals surface area contributed by atoms with Gasteiger partial charge in [-0.1, -0.05) is 20.4 Å². The van der Waals surface area contributed by atoms with Crippen LogP contribution in [-0.4, -0.2) is 17.5 Å². The fraction of sp³-hybridized carbons (Fsp3) is 0.667. The van der Waals surface area contributed by atoms with Crippen LogP contribution in [0.4, 0.5) is 0 Å². The fourth-order valence-corrected chi connectivity index (χ4v) is 2.64. The van der Waals surface area contributed by atoms with Crippen LogP contribution in [-0.2, 0) is 4.79 Å². The minimum atomic E-state index is -0.0458. The summed E-state index contributed by atoms with van der Waals surface area (Å²) in [5.74, 6) is 0.263. The molecule has 0 aromatic heterocycles. The third-order valence-electron chi connectivity index (χ3n) is 3.26. The average molecular weight is 206 g/mol. The van der Waals surface area contributed by atoms with Crippen molar-refractivity contribution in [3.63, 3.8) is 0 Å². The molecule has 1 aliphatic carbocycles. The van der Waals surface area contributed by atoms with Crippen LogP contribution in [0.25, 0.3) is 0 Å². The molecule has 2 rings (SSSR count). The van der Waals surface area contributed by atoms with E-state index in [1.807, 2.05) is 6.92 Å². The number of fused-ring (bicyclic) bond motifs is 1. The van der Waals surface area contributed by atoms with Gasteiger partial charge in [-0.2, -0.15) is 5.10 Å². The molecule has 1 heterocycles. The molecule has 0 saturated heterocycles. The van der Waals surface area contributed by atoms with Gasteiger partial charge in [-0.3, -0.25) is 4.79 Å². The zero-order valence-corrected chi connectivity index (χ0v) is 9.63. The number of nitrogens with zero attached hydrogens (tertiary/aromatic N) is 1. The highest BCUT2D eigenvalue weighted by atomic mass is 16.1. The van der Waals surface area contributed by atoms with E-state index in [9.17, 15) is 4.79 Å². The molecule has 3 heteroatoms. The molecule has 1 fully saturated rings. The van der Waals surface area contributed by atoms with Crippen LogP contribution in [0.5, 0.6) is 0 Å². The van der Waals surface area contributed by atoms with E-state index in [4.69, 9.17) is 0 Å². The van der Waals surface area contributed by atoms with Crippen LogP contribution in [0.2, 0.25) is 0 Å². The Morgan fingerprint density at radius 2 is 2.27 bits per heavy atom. The van der Waals surface area contributed by atoms with Crippen molar-refractivity contribution in [3.8, 4) is 0 Å². The van der Waals surface area contributed by atoms with Crippen molar-refractivity contribution in [2.24, 2.45) is 16.4 Å². The first-order valence-corrected chi connectivity index (χ1v) is 5.42. The van der Waals surface area contributed by atoms with Crippen molar-refractivity contribution in [1.82, 2.24) is 5.43 Å². The SMILES string of the molecule is C=C(C)C1=NN[C@H]2CC(C)(C)CC(=O)[C@H]12. The molecular weight excluding hydrogens is 188 g/mol. The van der Waals surface area contributed by atoms with E-state index in [-0.39, 0.29) is 17.4 Å². The number of carbonyl (C=O) groups excluding carboxylic acids is 1. The van der Waals surface area contributed by atoms with E-state index in [1.165, 1.54) is 0 Å². The molecule has 0 bridgehead atoms. The minimum absolute atomic E-state index is 0.0458. The molecule has 0 unspecified atom stereocenters. The van der Waals surface area contributed by atoms with Gasteiger partial charge in [0, 0.05) is 6.42 Å². The summed E-state index contributed by atoms with van der Waals surface area (Å²) in [5, 5.41) is 4.24. The molecule has 82 valence electrons. The molecular formula is C12H18N2O. The van der Waals surface area contributed by atoms with Crippen LogP contribution >= 0.6 is 0 Å². The smallest absolute Gasteiger partial charge is 0.144 e. The third kappa shape index (κ3) is 1.71. The molecule has 0 aromatic carbocycles. The molecule has 1 saturated carbocycles. The first-order chi connectivity index (χ1) is 6.91. The van der Waals surface area contributed by atoms with Crippen molar-refractivity contribution >= 4 is 11.5 Å². The Balaban J connectivity index is 2.25. The minimum Gasteiger partial charge on any atom is -0.306 e. The van der Waals surface area contributed by atoms with E-state index in [1.54, 1.807) is 0 Å². The number of Topliss-reactive ketones (excluding diaryl/α,β-unsaturated/α-hetero) is 1. The number of rotatable bonds is 1. The Kier molecular flexibility index (Phi) is 2.21.